The van der Waals surface area contributed by atoms with Gasteiger partial charge in [-0.2, -0.15) is 0 Å². The molecular weight excluding hydrogens is 198 g/mol. The molecule has 0 aromatic heterocycles. The molecule has 0 aliphatic carbocycles. The number of hydrogen-bond donors (Lipinski definition) is 1. The molecule has 0 amide bonds. The van der Waals surface area contributed by atoms with Crippen LogP contribution in [0.1, 0.15) is 26.3 Å². The van der Waals surface area contributed by atoms with Crippen LogP contribution in [0.5, 0.6) is 5.75 Å². The average molecular weight is 221 g/mol. The van der Waals surface area contributed by atoms with Gasteiger partial charge in [0.25, 0.3) is 0 Å². The van der Waals surface area contributed by atoms with Crippen LogP contribution in [0.15, 0.2) is 24.3 Å². The van der Waals surface area contributed by atoms with Gasteiger partial charge in [-0.3, -0.25) is 0 Å². The van der Waals surface area contributed by atoms with E-state index >= 15 is 0 Å². The van der Waals surface area contributed by atoms with Gasteiger partial charge in [0.15, 0.2) is 0 Å². The van der Waals surface area contributed by atoms with Crippen molar-refractivity contribution in [2.75, 3.05) is 19.7 Å². The predicted molar refractivity (Wildman–Crippen MR) is 69.0 cm³/mol. The van der Waals surface area contributed by atoms with Crippen LogP contribution in [0.25, 0.3) is 0 Å². The number of benzene rings is 1. The van der Waals surface area contributed by atoms with Crippen LogP contribution in [0.2, 0.25) is 0 Å². The maximum atomic E-state index is 5.42. The van der Waals surface area contributed by atoms with Gasteiger partial charge in [0, 0.05) is 0 Å². The standard InChI is InChI=1S/C14H23NO/c1-4-15-11-12(3)10-13-6-8-14(9-7-13)16-5-2/h6-9,12,15H,4-5,10-11H2,1-3H3. The number of hydrogen-bond acceptors (Lipinski definition) is 2. The Morgan fingerprint density at radius 1 is 1.19 bits per heavy atom. The summed E-state index contributed by atoms with van der Waals surface area (Å²) < 4.78 is 5.42. The second-order valence-electron chi connectivity index (χ2n) is 4.19. The molecule has 0 fully saturated rings. The van der Waals surface area contributed by atoms with Gasteiger partial charge in [0.05, 0.1) is 6.61 Å². The lowest BCUT2D eigenvalue weighted by molar-refractivity contribution is 0.340. The first-order valence-corrected chi connectivity index (χ1v) is 6.18. The van der Waals surface area contributed by atoms with Gasteiger partial charge in [-0.05, 0) is 50.0 Å². The lowest BCUT2D eigenvalue weighted by Gasteiger charge is -2.12. The van der Waals surface area contributed by atoms with E-state index in [1.165, 1.54) is 5.56 Å². The summed E-state index contributed by atoms with van der Waals surface area (Å²) in [4.78, 5) is 0. The van der Waals surface area contributed by atoms with E-state index in [0.29, 0.717) is 5.92 Å². The van der Waals surface area contributed by atoms with Crippen molar-refractivity contribution in [2.24, 2.45) is 5.92 Å². The molecule has 0 radical (unpaired) electrons. The quantitative estimate of drug-likeness (QED) is 0.764. The van der Waals surface area contributed by atoms with E-state index in [-0.39, 0.29) is 0 Å². The third-order valence-electron chi connectivity index (χ3n) is 2.56. The first kappa shape index (κ1) is 13.0. The molecule has 2 heteroatoms. The third kappa shape index (κ3) is 4.67. The van der Waals surface area contributed by atoms with Crippen molar-refractivity contribution in [1.82, 2.24) is 5.32 Å². The minimum Gasteiger partial charge on any atom is -0.494 e. The Labute approximate surface area is 99.0 Å². The Bertz CT molecular complexity index is 281. The molecule has 1 N–H and O–H groups in total. The van der Waals surface area contributed by atoms with Crippen molar-refractivity contribution in [1.29, 1.82) is 0 Å². The summed E-state index contributed by atoms with van der Waals surface area (Å²) in [6.45, 7) is 9.29. The van der Waals surface area contributed by atoms with Crippen molar-refractivity contribution in [2.45, 2.75) is 27.2 Å². The molecule has 90 valence electrons. The maximum absolute atomic E-state index is 5.42. The van der Waals surface area contributed by atoms with E-state index in [4.69, 9.17) is 4.74 Å². The third-order valence-corrected chi connectivity index (χ3v) is 2.56. The molecule has 1 aromatic rings. The van der Waals surface area contributed by atoms with Crippen LogP contribution < -0.4 is 10.1 Å². The first-order chi connectivity index (χ1) is 7.76. The summed E-state index contributed by atoms with van der Waals surface area (Å²) in [6, 6.07) is 8.43. The van der Waals surface area contributed by atoms with Gasteiger partial charge in [-0.15, -0.1) is 0 Å². The van der Waals surface area contributed by atoms with Crippen LogP contribution in [-0.2, 0) is 6.42 Å². The molecule has 0 aliphatic rings. The van der Waals surface area contributed by atoms with Gasteiger partial charge < -0.3 is 10.1 Å². The fourth-order valence-electron chi connectivity index (χ4n) is 1.75. The summed E-state index contributed by atoms with van der Waals surface area (Å²) >= 11 is 0. The average Bonchev–Trinajstić information content (AvgIpc) is 2.29. The van der Waals surface area contributed by atoms with E-state index in [1.807, 2.05) is 6.92 Å². The highest BCUT2D eigenvalue weighted by Gasteiger charge is 2.03. The van der Waals surface area contributed by atoms with E-state index in [9.17, 15) is 0 Å². The maximum Gasteiger partial charge on any atom is 0.119 e. The minimum atomic E-state index is 0.679. The van der Waals surface area contributed by atoms with E-state index in [1.54, 1.807) is 0 Å². The fourth-order valence-corrected chi connectivity index (χ4v) is 1.75. The Balaban J connectivity index is 2.41. The smallest absolute Gasteiger partial charge is 0.119 e. The van der Waals surface area contributed by atoms with E-state index in [2.05, 4.69) is 43.4 Å². The van der Waals surface area contributed by atoms with Gasteiger partial charge >= 0.3 is 0 Å². The van der Waals surface area contributed by atoms with Crippen molar-refractivity contribution < 1.29 is 4.74 Å². The van der Waals surface area contributed by atoms with E-state index in [0.717, 1.165) is 31.9 Å². The lowest BCUT2D eigenvalue weighted by atomic mass is 10.0. The topological polar surface area (TPSA) is 21.3 Å². The fraction of sp³-hybridized carbons (Fsp3) is 0.571. The van der Waals surface area contributed by atoms with Crippen molar-refractivity contribution in [3.05, 3.63) is 29.8 Å². The summed E-state index contributed by atoms with van der Waals surface area (Å²) in [5.41, 5.74) is 1.38. The van der Waals surface area contributed by atoms with Crippen molar-refractivity contribution in [3.63, 3.8) is 0 Å². The molecule has 16 heavy (non-hydrogen) atoms. The highest BCUT2D eigenvalue weighted by Crippen LogP contribution is 2.14. The number of ether oxygens (including phenoxy) is 1. The van der Waals surface area contributed by atoms with Crippen molar-refractivity contribution >= 4 is 0 Å². The molecular formula is C14H23NO. The molecule has 0 saturated carbocycles. The Kier molecular flexibility index (Phi) is 5.94. The molecule has 0 saturated heterocycles. The molecule has 1 rings (SSSR count). The Morgan fingerprint density at radius 2 is 1.88 bits per heavy atom. The van der Waals surface area contributed by atoms with Crippen LogP contribution in [0.4, 0.5) is 0 Å². The molecule has 0 bridgehead atoms. The van der Waals surface area contributed by atoms with Gasteiger partial charge in [-0.25, -0.2) is 0 Å². The molecule has 0 aliphatic heterocycles. The summed E-state index contributed by atoms with van der Waals surface area (Å²) in [5.74, 6) is 1.64. The zero-order chi connectivity index (χ0) is 11.8. The Hall–Kier alpha value is -1.02. The van der Waals surface area contributed by atoms with Gasteiger partial charge in [0.1, 0.15) is 5.75 Å². The van der Waals surface area contributed by atoms with Gasteiger partial charge in [-0.1, -0.05) is 26.0 Å². The van der Waals surface area contributed by atoms with Crippen LogP contribution in [-0.4, -0.2) is 19.7 Å². The summed E-state index contributed by atoms with van der Waals surface area (Å²) in [6.07, 6.45) is 1.12. The summed E-state index contributed by atoms with van der Waals surface area (Å²) in [7, 11) is 0. The predicted octanol–water partition coefficient (Wildman–Crippen LogP) is 2.87. The van der Waals surface area contributed by atoms with Crippen LogP contribution in [0.3, 0.4) is 0 Å². The lowest BCUT2D eigenvalue weighted by Crippen LogP contribution is -2.21. The molecule has 1 aromatic carbocycles. The largest absolute Gasteiger partial charge is 0.494 e. The zero-order valence-corrected chi connectivity index (χ0v) is 10.6. The normalized spacial score (nSPS) is 12.4. The molecule has 0 spiro atoms. The monoisotopic (exact) mass is 221 g/mol. The first-order valence-electron chi connectivity index (χ1n) is 6.18. The number of rotatable bonds is 7. The van der Waals surface area contributed by atoms with Gasteiger partial charge in [0.2, 0.25) is 0 Å². The molecule has 0 heterocycles. The number of nitrogens with one attached hydrogen (secondary N) is 1. The highest BCUT2D eigenvalue weighted by molar-refractivity contribution is 5.27. The zero-order valence-electron chi connectivity index (χ0n) is 10.6. The second kappa shape index (κ2) is 7.29. The molecule has 2 nitrogen and oxygen atoms in total. The Morgan fingerprint density at radius 3 is 2.44 bits per heavy atom. The summed E-state index contributed by atoms with van der Waals surface area (Å²) in [5, 5.41) is 3.38. The van der Waals surface area contributed by atoms with E-state index < -0.39 is 0 Å². The minimum absolute atomic E-state index is 0.679. The van der Waals surface area contributed by atoms with Crippen LogP contribution >= 0.6 is 0 Å². The second-order valence-corrected chi connectivity index (χ2v) is 4.19. The SMILES string of the molecule is CCNCC(C)Cc1ccc(OCC)cc1. The van der Waals surface area contributed by atoms with Crippen molar-refractivity contribution in [3.8, 4) is 5.75 Å². The molecule has 1 unspecified atom stereocenters. The van der Waals surface area contributed by atoms with Crippen LogP contribution in [0, 0.1) is 5.92 Å². The molecule has 1 atom stereocenters. The highest BCUT2D eigenvalue weighted by atomic mass is 16.5.